The summed E-state index contributed by atoms with van der Waals surface area (Å²) in [6, 6.07) is 49.2. The van der Waals surface area contributed by atoms with E-state index in [0.717, 1.165) is 39.9 Å². The lowest BCUT2D eigenvalue weighted by molar-refractivity contribution is -0.276. The number of ether oxygens (including phenoxy) is 2. The van der Waals surface area contributed by atoms with Gasteiger partial charge in [0.1, 0.15) is 0 Å². The van der Waals surface area contributed by atoms with Crippen molar-refractivity contribution < 1.29 is 19.4 Å². The fourth-order valence-electron chi connectivity index (χ4n) is 7.14. The standard InChI is InChI=1S/C46H46N2O4/c1-31-43(29-48(3)32(2)39-26-21-34-11-7-8-14-40(34)27-39)51-46(52-44(31)36-19-17-33(30-49)18-20-36)38-24-22-35(23-25-38)42-16-10-9-15-41(42)28-47-45(50)37-12-5-4-6-13-37/h4-27,31-32,43-44,46,49H,28-30H2,1-3H3,(H,47,50)/t31-,32-,43+,44+,46+/m1/s1. The maximum absolute atomic E-state index is 12.8. The van der Waals surface area contributed by atoms with E-state index in [1.54, 1.807) is 0 Å². The van der Waals surface area contributed by atoms with E-state index in [2.05, 4.69) is 122 Å². The summed E-state index contributed by atoms with van der Waals surface area (Å²) in [5.41, 5.74) is 7.93. The molecule has 0 saturated carbocycles. The van der Waals surface area contributed by atoms with Gasteiger partial charge in [-0.1, -0.05) is 134 Å². The maximum Gasteiger partial charge on any atom is 0.251 e. The van der Waals surface area contributed by atoms with Gasteiger partial charge in [-0.3, -0.25) is 9.69 Å². The van der Waals surface area contributed by atoms with Gasteiger partial charge in [-0.2, -0.15) is 0 Å². The smallest absolute Gasteiger partial charge is 0.251 e. The molecule has 6 nitrogen and oxygen atoms in total. The molecular weight excluding hydrogens is 645 g/mol. The molecule has 0 aromatic heterocycles. The minimum absolute atomic E-state index is 0.00203. The zero-order valence-corrected chi connectivity index (χ0v) is 30.0. The molecule has 0 spiro atoms. The minimum atomic E-state index is -0.567. The highest BCUT2D eigenvalue weighted by Gasteiger charge is 2.39. The van der Waals surface area contributed by atoms with Crippen LogP contribution in [0.25, 0.3) is 21.9 Å². The summed E-state index contributed by atoms with van der Waals surface area (Å²) in [6.45, 7) is 5.60. The van der Waals surface area contributed by atoms with Gasteiger partial charge in [-0.15, -0.1) is 0 Å². The van der Waals surface area contributed by atoms with E-state index < -0.39 is 6.29 Å². The van der Waals surface area contributed by atoms with Crippen LogP contribution >= 0.6 is 0 Å². The molecule has 0 aliphatic carbocycles. The van der Waals surface area contributed by atoms with Crippen LogP contribution in [-0.2, 0) is 22.6 Å². The Morgan fingerprint density at radius 3 is 2.19 bits per heavy atom. The number of nitrogens with zero attached hydrogens (tertiary/aromatic N) is 1. The zero-order valence-electron chi connectivity index (χ0n) is 30.0. The fourth-order valence-corrected chi connectivity index (χ4v) is 7.14. The van der Waals surface area contributed by atoms with E-state index >= 15 is 0 Å². The first-order chi connectivity index (χ1) is 25.4. The Morgan fingerprint density at radius 1 is 0.769 bits per heavy atom. The number of benzene rings is 6. The van der Waals surface area contributed by atoms with E-state index in [9.17, 15) is 9.90 Å². The number of rotatable bonds is 11. The number of fused-ring (bicyclic) bond motifs is 1. The van der Waals surface area contributed by atoms with Crippen LogP contribution in [0.1, 0.15) is 70.5 Å². The third kappa shape index (κ3) is 7.86. The number of hydrogen-bond acceptors (Lipinski definition) is 5. The summed E-state index contributed by atoms with van der Waals surface area (Å²) in [6.07, 6.45) is -0.875. The largest absolute Gasteiger partial charge is 0.392 e. The molecule has 0 unspecified atom stereocenters. The molecule has 7 rings (SSSR count). The Labute approximate surface area is 306 Å². The van der Waals surface area contributed by atoms with Crippen LogP contribution in [0.2, 0.25) is 0 Å². The average Bonchev–Trinajstić information content (AvgIpc) is 3.20. The Bertz CT molecular complexity index is 2100. The molecule has 5 atom stereocenters. The SMILES string of the molecule is C[C@@H]1[C@H](CN(C)[C@H](C)c2ccc3ccccc3c2)O[C@H](c2ccc(-c3ccccc3CNC(=O)c3ccccc3)cc2)O[C@@H]1c1ccc(CO)cc1. The lowest BCUT2D eigenvalue weighted by Crippen LogP contribution is -2.44. The van der Waals surface area contributed by atoms with Gasteiger partial charge in [0, 0.05) is 36.2 Å². The van der Waals surface area contributed by atoms with Gasteiger partial charge in [0.25, 0.3) is 5.91 Å². The molecule has 1 amide bonds. The third-order valence-corrected chi connectivity index (χ3v) is 10.5. The first-order valence-electron chi connectivity index (χ1n) is 18.1. The molecule has 6 aromatic carbocycles. The second-order valence-electron chi connectivity index (χ2n) is 13.9. The topological polar surface area (TPSA) is 71.0 Å². The molecule has 0 radical (unpaired) electrons. The number of carbonyl (C=O) groups excluding carboxylic acids is 1. The maximum atomic E-state index is 12.8. The van der Waals surface area contributed by atoms with Crippen molar-refractivity contribution in [3.63, 3.8) is 0 Å². The van der Waals surface area contributed by atoms with Crippen LogP contribution in [0, 0.1) is 5.92 Å². The van der Waals surface area contributed by atoms with Gasteiger partial charge in [0.05, 0.1) is 18.8 Å². The molecule has 0 bridgehead atoms. The normalized spacial score (nSPS) is 19.4. The third-order valence-electron chi connectivity index (χ3n) is 10.5. The molecule has 6 heteroatoms. The van der Waals surface area contributed by atoms with E-state index in [-0.39, 0.29) is 36.7 Å². The summed E-state index contributed by atoms with van der Waals surface area (Å²) in [7, 11) is 2.17. The summed E-state index contributed by atoms with van der Waals surface area (Å²) in [5, 5.41) is 15.2. The molecule has 1 aliphatic rings. The van der Waals surface area contributed by atoms with Crippen molar-refractivity contribution in [1.82, 2.24) is 10.2 Å². The molecule has 2 N–H and O–H groups in total. The van der Waals surface area contributed by atoms with Crippen LogP contribution in [0.3, 0.4) is 0 Å². The van der Waals surface area contributed by atoms with E-state index in [1.165, 1.54) is 16.3 Å². The quantitative estimate of drug-likeness (QED) is 0.142. The average molecular weight is 691 g/mol. The van der Waals surface area contributed by atoms with Crippen LogP contribution in [0.5, 0.6) is 0 Å². The second-order valence-corrected chi connectivity index (χ2v) is 13.9. The number of hydrogen-bond donors (Lipinski definition) is 2. The van der Waals surface area contributed by atoms with Crippen molar-refractivity contribution in [3.05, 3.63) is 179 Å². The Morgan fingerprint density at radius 2 is 1.44 bits per heavy atom. The van der Waals surface area contributed by atoms with Crippen LogP contribution < -0.4 is 5.32 Å². The van der Waals surface area contributed by atoms with Crippen LogP contribution in [-0.4, -0.2) is 35.6 Å². The predicted octanol–water partition coefficient (Wildman–Crippen LogP) is 9.41. The number of aliphatic hydroxyl groups is 1. The molecule has 52 heavy (non-hydrogen) atoms. The van der Waals surface area contributed by atoms with Crippen molar-refractivity contribution in [2.24, 2.45) is 5.92 Å². The molecule has 264 valence electrons. The summed E-state index contributed by atoms with van der Waals surface area (Å²) < 4.78 is 13.6. The number of aliphatic hydroxyl groups excluding tert-OH is 1. The van der Waals surface area contributed by atoms with Gasteiger partial charge >= 0.3 is 0 Å². The van der Waals surface area contributed by atoms with Gasteiger partial charge in [0.2, 0.25) is 0 Å². The van der Waals surface area contributed by atoms with Gasteiger partial charge < -0.3 is 19.9 Å². The zero-order chi connectivity index (χ0) is 36.0. The first kappa shape index (κ1) is 35.3. The Hall–Kier alpha value is -5.11. The predicted molar refractivity (Wildman–Crippen MR) is 207 cm³/mol. The van der Waals surface area contributed by atoms with E-state index in [1.807, 2.05) is 54.6 Å². The second kappa shape index (κ2) is 16.1. The number of amides is 1. The first-order valence-corrected chi connectivity index (χ1v) is 18.1. The fraction of sp³-hybridized carbons (Fsp3) is 0.239. The number of likely N-dealkylation sites (N-methyl/N-ethyl adjacent to an activating group) is 1. The monoisotopic (exact) mass is 690 g/mol. The van der Waals surface area contributed by atoms with Gasteiger partial charge in [-0.25, -0.2) is 0 Å². The van der Waals surface area contributed by atoms with Gasteiger partial charge in [-0.05, 0) is 76.3 Å². The van der Waals surface area contributed by atoms with Crippen molar-refractivity contribution in [1.29, 1.82) is 0 Å². The van der Waals surface area contributed by atoms with Crippen molar-refractivity contribution in [3.8, 4) is 11.1 Å². The van der Waals surface area contributed by atoms with E-state index in [0.29, 0.717) is 12.1 Å². The van der Waals surface area contributed by atoms with Crippen molar-refractivity contribution >= 4 is 16.7 Å². The molecule has 1 heterocycles. The molecule has 1 aliphatic heterocycles. The highest BCUT2D eigenvalue weighted by atomic mass is 16.7. The lowest BCUT2D eigenvalue weighted by atomic mass is 9.89. The highest BCUT2D eigenvalue weighted by molar-refractivity contribution is 5.94. The molecule has 6 aromatic rings. The van der Waals surface area contributed by atoms with E-state index in [4.69, 9.17) is 9.47 Å². The van der Waals surface area contributed by atoms with Gasteiger partial charge in [0.15, 0.2) is 6.29 Å². The summed E-state index contributed by atoms with van der Waals surface area (Å²) in [4.78, 5) is 15.1. The highest BCUT2D eigenvalue weighted by Crippen LogP contribution is 2.42. The van der Waals surface area contributed by atoms with Crippen LogP contribution in [0.15, 0.2) is 146 Å². The molecule has 1 saturated heterocycles. The number of carbonyl (C=O) groups is 1. The minimum Gasteiger partial charge on any atom is -0.392 e. The van der Waals surface area contributed by atoms with Crippen LogP contribution in [0.4, 0.5) is 0 Å². The lowest BCUT2D eigenvalue weighted by Gasteiger charge is -2.43. The summed E-state index contributed by atoms with van der Waals surface area (Å²) in [5.74, 6) is -0.0290. The number of nitrogens with one attached hydrogen (secondary N) is 1. The molecule has 1 fully saturated rings. The Balaban J connectivity index is 1.11. The van der Waals surface area contributed by atoms with Crippen molar-refractivity contribution in [2.45, 2.75) is 51.5 Å². The Kier molecular flexibility index (Phi) is 10.9. The summed E-state index contributed by atoms with van der Waals surface area (Å²) >= 11 is 0. The molecular formula is C46H46N2O4. The van der Waals surface area contributed by atoms with Crippen molar-refractivity contribution in [2.75, 3.05) is 13.6 Å².